The largest absolute Gasteiger partial charge is 0.335 e. The number of imide groups is 2. The van der Waals surface area contributed by atoms with Crippen LogP contribution in [0.1, 0.15) is 17.0 Å². The first-order valence-electron chi connectivity index (χ1n) is 9.13. The van der Waals surface area contributed by atoms with Gasteiger partial charge in [-0.3, -0.25) is 19.9 Å². The van der Waals surface area contributed by atoms with Crippen LogP contribution in [-0.4, -0.2) is 27.4 Å². The Morgan fingerprint density at radius 2 is 1.80 bits per heavy atom. The summed E-state index contributed by atoms with van der Waals surface area (Å²) in [5, 5.41) is 2.59. The Balaban J connectivity index is 1.77. The van der Waals surface area contributed by atoms with Gasteiger partial charge in [-0.1, -0.05) is 17.7 Å². The SMILES string of the molecule is Cc1cc(C=C2C(=O)NC(=O)N(c3cccc(Cl)c3)C2=O)c(C)n1-c1cccnc1. The van der Waals surface area contributed by atoms with Gasteiger partial charge in [0.15, 0.2) is 0 Å². The molecule has 1 N–H and O–H groups in total. The number of amides is 4. The predicted molar refractivity (Wildman–Crippen MR) is 113 cm³/mol. The number of barbiturate groups is 1. The van der Waals surface area contributed by atoms with Crippen LogP contribution in [0, 0.1) is 13.8 Å². The van der Waals surface area contributed by atoms with Crippen molar-refractivity contribution < 1.29 is 14.4 Å². The summed E-state index contributed by atoms with van der Waals surface area (Å²) in [7, 11) is 0. The molecule has 0 atom stereocenters. The molecule has 1 aromatic carbocycles. The van der Waals surface area contributed by atoms with Crippen LogP contribution in [0.2, 0.25) is 5.02 Å². The molecule has 0 aliphatic carbocycles. The molecule has 4 amide bonds. The quantitative estimate of drug-likeness (QED) is 0.515. The molecule has 3 aromatic rings. The third-order valence-corrected chi connectivity index (χ3v) is 5.08. The number of nitrogens with one attached hydrogen (secondary N) is 1. The van der Waals surface area contributed by atoms with Gasteiger partial charge in [-0.25, -0.2) is 9.69 Å². The van der Waals surface area contributed by atoms with E-state index in [1.807, 2.05) is 36.6 Å². The monoisotopic (exact) mass is 420 g/mol. The number of aromatic nitrogens is 2. The minimum Gasteiger partial charge on any atom is -0.316 e. The molecule has 8 heteroatoms. The molecular weight excluding hydrogens is 404 g/mol. The molecule has 2 aromatic heterocycles. The Kier molecular flexibility index (Phi) is 4.97. The zero-order valence-corrected chi connectivity index (χ0v) is 17.0. The topological polar surface area (TPSA) is 84.3 Å². The minimum atomic E-state index is -0.815. The number of carbonyl (C=O) groups is 3. The maximum absolute atomic E-state index is 13.1. The van der Waals surface area contributed by atoms with Gasteiger partial charge in [0, 0.05) is 22.6 Å². The van der Waals surface area contributed by atoms with Crippen molar-refractivity contribution in [3.63, 3.8) is 0 Å². The van der Waals surface area contributed by atoms with E-state index in [9.17, 15) is 14.4 Å². The average Bonchev–Trinajstić information content (AvgIpc) is 2.99. The van der Waals surface area contributed by atoms with Crippen molar-refractivity contribution in [3.8, 4) is 5.69 Å². The lowest BCUT2D eigenvalue weighted by Crippen LogP contribution is -2.54. The zero-order chi connectivity index (χ0) is 21.4. The summed E-state index contributed by atoms with van der Waals surface area (Å²) in [6.45, 7) is 3.81. The Bertz CT molecular complexity index is 1210. The van der Waals surface area contributed by atoms with E-state index in [0.29, 0.717) is 10.6 Å². The number of nitrogens with zero attached hydrogens (tertiary/aromatic N) is 3. The normalized spacial score (nSPS) is 15.6. The second-order valence-corrected chi connectivity index (χ2v) is 7.25. The Morgan fingerprint density at radius 3 is 2.50 bits per heavy atom. The lowest BCUT2D eigenvalue weighted by Gasteiger charge is -2.26. The molecule has 1 saturated heterocycles. The van der Waals surface area contributed by atoms with Crippen LogP contribution < -0.4 is 10.2 Å². The molecule has 3 heterocycles. The van der Waals surface area contributed by atoms with E-state index in [2.05, 4.69) is 10.3 Å². The molecule has 1 fully saturated rings. The van der Waals surface area contributed by atoms with Gasteiger partial charge in [-0.05, 0) is 61.9 Å². The summed E-state index contributed by atoms with van der Waals surface area (Å²) >= 11 is 5.99. The van der Waals surface area contributed by atoms with Crippen LogP contribution in [0.4, 0.5) is 10.5 Å². The first-order chi connectivity index (χ1) is 14.4. The van der Waals surface area contributed by atoms with E-state index in [4.69, 9.17) is 11.6 Å². The molecule has 4 rings (SSSR count). The van der Waals surface area contributed by atoms with Crippen molar-refractivity contribution in [3.05, 3.63) is 82.4 Å². The maximum atomic E-state index is 13.1. The van der Waals surface area contributed by atoms with Crippen molar-refractivity contribution in [2.24, 2.45) is 0 Å². The summed E-state index contributed by atoms with van der Waals surface area (Å²) in [5.74, 6) is -1.45. The smallest absolute Gasteiger partial charge is 0.316 e. The molecule has 30 heavy (non-hydrogen) atoms. The van der Waals surface area contributed by atoms with Crippen molar-refractivity contribution in [1.82, 2.24) is 14.9 Å². The molecule has 1 aliphatic heterocycles. The van der Waals surface area contributed by atoms with Gasteiger partial charge >= 0.3 is 6.03 Å². The number of carbonyl (C=O) groups excluding carboxylic acids is 3. The fourth-order valence-electron chi connectivity index (χ4n) is 3.48. The van der Waals surface area contributed by atoms with E-state index in [1.54, 1.807) is 30.6 Å². The summed E-state index contributed by atoms with van der Waals surface area (Å²) in [6, 6.07) is 11.1. The Labute approximate surface area is 177 Å². The Morgan fingerprint density at radius 1 is 1.03 bits per heavy atom. The molecular formula is C22H17ClN4O3. The molecule has 150 valence electrons. The third-order valence-electron chi connectivity index (χ3n) is 4.84. The van der Waals surface area contributed by atoms with E-state index < -0.39 is 17.8 Å². The van der Waals surface area contributed by atoms with Crippen LogP contribution >= 0.6 is 11.6 Å². The van der Waals surface area contributed by atoms with Crippen LogP contribution in [0.3, 0.4) is 0 Å². The summed E-state index contributed by atoms with van der Waals surface area (Å²) in [6.07, 6.45) is 4.92. The first-order valence-corrected chi connectivity index (χ1v) is 9.51. The van der Waals surface area contributed by atoms with Crippen LogP contribution in [0.25, 0.3) is 11.8 Å². The second-order valence-electron chi connectivity index (χ2n) is 6.81. The minimum absolute atomic E-state index is 0.138. The molecule has 0 spiro atoms. The van der Waals surface area contributed by atoms with E-state index in [1.165, 1.54) is 12.1 Å². The molecule has 0 saturated carbocycles. The van der Waals surface area contributed by atoms with Crippen molar-refractivity contribution >= 4 is 41.2 Å². The summed E-state index contributed by atoms with van der Waals surface area (Å²) in [4.78, 5) is 42.9. The number of anilines is 1. The lowest BCUT2D eigenvalue weighted by atomic mass is 10.1. The van der Waals surface area contributed by atoms with Crippen molar-refractivity contribution in [2.45, 2.75) is 13.8 Å². The van der Waals surface area contributed by atoms with Crippen molar-refractivity contribution in [1.29, 1.82) is 0 Å². The van der Waals surface area contributed by atoms with Crippen LogP contribution in [0.5, 0.6) is 0 Å². The van der Waals surface area contributed by atoms with E-state index in [-0.39, 0.29) is 11.3 Å². The van der Waals surface area contributed by atoms with Gasteiger partial charge in [0.1, 0.15) is 5.57 Å². The van der Waals surface area contributed by atoms with E-state index >= 15 is 0 Å². The number of rotatable bonds is 3. The fraction of sp³-hybridized carbons (Fsp3) is 0.0909. The van der Waals surface area contributed by atoms with Gasteiger partial charge in [0.25, 0.3) is 11.8 Å². The highest BCUT2D eigenvalue weighted by molar-refractivity contribution is 6.39. The van der Waals surface area contributed by atoms with Crippen LogP contribution in [-0.2, 0) is 9.59 Å². The number of halogens is 1. The van der Waals surface area contributed by atoms with Crippen LogP contribution in [0.15, 0.2) is 60.4 Å². The number of aryl methyl sites for hydroxylation is 1. The van der Waals surface area contributed by atoms with Gasteiger partial charge in [0.2, 0.25) is 0 Å². The van der Waals surface area contributed by atoms with Gasteiger partial charge in [-0.15, -0.1) is 0 Å². The molecule has 1 aliphatic rings. The van der Waals surface area contributed by atoms with Gasteiger partial charge < -0.3 is 4.57 Å². The zero-order valence-electron chi connectivity index (χ0n) is 16.2. The molecule has 0 bridgehead atoms. The third kappa shape index (κ3) is 3.40. The summed E-state index contributed by atoms with van der Waals surface area (Å²) in [5.41, 5.74) is 3.45. The molecule has 0 unspecified atom stereocenters. The highest BCUT2D eigenvalue weighted by Crippen LogP contribution is 2.27. The van der Waals surface area contributed by atoms with Gasteiger partial charge in [-0.2, -0.15) is 0 Å². The highest BCUT2D eigenvalue weighted by Gasteiger charge is 2.37. The standard InChI is InChI=1S/C22H17ClN4O3/c1-13-9-15(14(2)26(13)18-7-4-8-24-12-18)10-19-20(28)25-22(30)27(21(19)29)17-6-3-5-16(23)11-17/h3-12H,1-2H3,(H,25,28,30). The second kappa shape index (κ2) is 7.61. The summed E-state index contributed by atoms with van der Waals surface area (Å²) < 4.78 is 1.98. The average molecular weight is 421 g/mol. The first kappa shape index (κ1) is 19.6. The molecule has 0 radical (unpaired) electrons. The lowest BCUT2D eigenvalue weighted by molar-refractivity contribution is -0.122. The number of benzene rings is 1. The Hall–Kier alpha value is -3.71. The highest BCUT2D eigenvalue weighted by atomic mass is 35.5. The fourth-order valence-corrected chi connectivity index (χ4v) is 3.66. The predicted octanol–water partition coefficient (Wildman–Crippen LogP) is 3.81. The molecule has 7 nitrogen and oxygen atoms in total. The van der Waals surface area contributed by atoms with Crippen molar-refractivity contribution in [2.75, 3.05) is 4.90 Å². The number of hydrogen-bond acceptors (Lipinski definition) is 4. The number of hydrogen-bond donors (Lipinski definition) is 1. The maximum Gasteiger partial charge on any atom is 0.335 e. The number of pyridine rings is 1. The van der Waals surface area contributed by atoms with E-state index in [0.717, 1.165) is 22.0 Å². The number of urea groups is 1. The van der Waals surface area contributed by atoms with Gasteiger partial charge in [0.05, 0.1) is 17.6 Å².